The van der Waals surface area contributed by atoms with E-state index in [1.807, 2.05) is 4.90 Å². The highest BCUT2D eigenvalue weighted by atomic mass is 19.4. The summed E-state index contributed by atoms with van der Waals surface area (Å²) in [7, 11) is 0. The van der Waals surface area contributed by atoms with Gasteiger partial charge in [-0.25, -0.2) is 4.79 Å². The number of rotatable bonds is 2. The van der Waals surface area contributed by atoms with Gasteiger partial charge in [0.05, 0.1) is 11.1 Å². The van der Waals surface area contributed by atoms with E-state index in [0.717, 1.165) is 5.56 Å². The van der Waals surface area contributed by atoms with Crippen LogP contribution in [0.1, 0.15) is 35.4 Å². The molecule has 28 heavy (non-hydrogen) atoms. The van der Waals surface area contributed by atoms with E-state index < -0.39 is 17.8 Å². The summed E-state index contributed by atoms with van der Waals surface area (Å²) in [6.07, 6.45) is -3.57. The number of benzene rings is 1. The molecule has 5 nitrogen and oxygen atoms in total. The zero-order valence-electron chi connectivity index (χ0n) is 15.4. The van der Waals surface area contributed by atoms with E-state index in [4.69, 9.17) is 4.74 Å². The Balaban J connectivity index is 1.20. The minimum absolute atomic E-state index is 0.0950. The van der Waals surface area contributed by atoms with Crippen LogP contribution in [0.25, 0.3) is 0 Å². The van der Waals surface area contributed by atoms with Gasteiger partial charge in [-0.3, -0.25) is 4.79 Å². The van der Waals surface area contributed by atoms with Gasteiger partial charge < -0.3 is 15.0 Å². The van der Waals surface area contributed by atoms with Gasteiger partial charge in [-0.1, -0.05) is 12.1 Å². The number of halogens is 3. The van der Waals surface area contributed by atoms with Crippen LogP contribution in [0.4, 0.5) is 18.0 Å². The molecule has 1 N–H and O–H groups in total. The second-order valence-corrected chi connectivity index (χ2v) is 8.76. The minimum Gasteiger partial charge on any atom is -0.447 e. The maximum atomic E-state index is 13.2. The Kier molecular flexibility index (Phi) is 3.59. The Hall–Kier alpha value is -2.25. The molecule has 2 saturated carbocycles. The molecule has 0 radical (unpaired) electrons. The molecule has 4 fully saturated rings. The standard InChI is InChI=1S/C20H21F3N2O3/c1-10-2-3-11(4-15(10)20(21,22)23)16-13-7-25(8-14(13)16)17(26)12-5-19(6-12)9-28-18(27)24-19/h2-4,12-14,16H,5-9H2,1H3,(H,24,27)/t12?,13-,14+,16?,19?. The van der Waals surface area contributed by atoms with E-state index in [2.05, 4.69) is 5.32 Å². The lowest BCUT2D eigenvalue weighted by molar-refractivity contribution is -0.140. The van der Waals surface area contributed by atoms with Crippen LogP contribution in [0.5, 0.6) is 0 Å². The Morgan fingerprint density at radius 1 is 1.25 bits per heavy atom. The third kappa shape index (κ3) is 2.68. The number of ether oxygens (including phenoxy) is 1. The zero-order valence-corrected chi connectivity index (χ0v) is 15.4. The Bertz CT molecular complexity index is 851. The van der Waals surface area contributed by atoms with Crippen molar-refractivity contribution in [3.8, 4) is 0 Å². The largest absolute Gasteiger partial charge is 0.447 e. The highest BCUT2D eigenvalue weighted by molar-refractivity contribution is 5.82. The monoisotopic (exact) mass is 394 g/mol. The molecule has 1 aromatic carbocycles. The predicted octanol–water partition coefficient (Wildman–Crippen LogP) is 3.07. The van der Waals surface area contributed by atoms with Gasteiger partial charge in [0.2, 0.25) is 5.91 Å². The van der Waals surface area contributed by atoms with Gasteiger partial charge in [0.25, 0.3) is 0 Å². The first-order chi connectivity index (χ1) is 13.2. The molecule has 3 atom stereocenters. The molecule has 150 valence electrons. The van der Waals surface area contributed by atoms with Crippen molar-refractivity contribution in [3.63, 3.8) is 0 Å². The van der Waals surface area contributed by atoms with Crippen LogP contribution in [0.15, 0.2) is 18.2 Å². The Morgan fingerprint density at radius 2 is 1.93 bits per heavy atom. The maximum Gasteiger partial charge on any atom is 0.416 e. The molecular weight excluding hydrogens is 373 g/mol. The number of aryl methyl sites for hydroxylation is 1. The quantitative estimate of drug-likeness (QED) is 0.839. The van der Waals surface area contributed by atoms with Crippen LogP contribution < -0.4 is 5.32 Å². The first-order valence-corrected chi connectivity index (χ1v) is 9.58. The van der Waals surface area contributed by atoms with Gasteiger partial charge >= 0.3 is 12.3 Å². The zero-order chi connectivity index (χ0) is 19.8. The average molecular weight is 394 g/mol. The first kappa shape index (κ1) is 17.8. The number of piperidine rings is 1. The number of alkyl carbamates (subject to hydrolysis) is 1. The lowest BCUT2D eigenvalue weighted by Gasteiger charge is -2.43. The van der Waals surface area contributed by atoms with Crippen molar-refractivity contribution in [2.75, 3.05) is 19.7 Å². The van der Waals surface area contributed by atoms with E-state index in [0.29, 0.717) is 32.5 Å². The van der Waals surface area contributed by atoms with E-state index in [9.17, 15) is 22.8 Å². The third-order valence-electron chi connectivity index (χ3n) is 6.93. The Labute approximate surface area is 160 Å². The smallest absolute Gasteiger partial charge is 0.416 e. The summed E-state index contributed by atoms with van der Waals surface area (Å²) in [5.41, 5.74) is 0.0241. The van der Waals surface area contributed by atoms with Crippen LogP contribution in [-0.4, -0.2) is 42.1 Å². The number of hydrogen-bond donors (Lipinski definition) is 1. The Morgan fingerprint density at radius 3 is 2.50 bits per heavy atom. The van der Waals surface area contributed by atoms with E-state index in [1.165, 1.54) is 13.0 Å². The summed E-state index contributed by atoms with van der Waals surface area (Å²) < 4.78 is 44.4. The van der Waals surface area contributed by atoms with Crippen LogP contribution in [-0.2, 0) is 15.7 Å². The van der Waals surface area contributed by atoms with Crippen molar-refractivity contribution < 1.29 is 27.5 Å². The summed E-state index contributed by atoms with van der Waals surface area (Å²) in [5, 5.41) is 2.79. The average Bonchev–Trinajstić information content (AvgIpc) is 2.93. The minimum atomic E-state index is -4.34. The molecule has 1 unspecified atom stereocenters. The van der Waals surface area contributed by atoms with Crippen LogP contribution in [0, 0.1) is 24.7 Å². The molecule has 2 heterocycles. The number of fused-ring (bicyclic) bond motifs is 1. The summed E-state index contributed by atoms with van der Waals surface area (Å²) >= 11 is 0. The molecule has 0 aromatic heterocycles. The normalized spacial score (nSPS) is 36.0. The first-order valence-electron chi connectivity index (χ1n) is 9.58. The van der Waals surface area contributed by atoms with Gasteiger partial charge in [0.15, 0.2) is 0 Å². The number of carbonyl (C=O) groups excluding carboxylic acids is 2. The highest BCUT2D eigenvalue weighted by Crippen LogP contribution is 2.59. The summed E-state index contributed by atoms with van der Waals surface area (Å²) in [5.74, 6) is 0.598. The van der Waals surface area contributed by atoms with E-state index in [-0.39, 0.29) is 40.7 Å². The van der Waals surface area contributed by atoms with Crippen molar-refractivity contribution in [3.05, 3.63) is 34.9 Å². The number of nitrogens with one attached hydrogen (secondary N) is 1. The maximum absolute atomic E-state index is 13.2. The molecule has 1 aromatic rings. The molecule has 4 aliphatic rings. The van der Waals surface area contributed by atoms with Crippen molar-refractivity contribution >= 4 is 12.0 Å². The topological polar surface area (TPSA) is 58.6 Å². The number of hydrogen-bond acceptors (Lipinski definition) is 3. The summed E-state index contributed by atoms with van der Waals surface area (Å²) in [6.45, 7) is 3.01. The van der Waals surface area contributed by atoms with Crippen LogP contribution in [0.3, 0.4) is 0 Å². The van der Waals surface area contributed by atoms with Crippen molar-refractivity contribution in [2.24, 2.45) is 17.8 Å². The van der Waals surface area contributed by atoms with Crippen molar-refractivity contribution in [1.29, 1.82) is 0 Å². The van der Waals surface area contributed by atoms with Crippen molar-refractivity contribution in [2.45, 2.75) is 37.4 Å². The fourth-order valence-corrected chi connectivity index (χ4v) is 5.38. The number of nitrogens with zero attached hydrogens (tertiary/aromatic N) is 1. The molecule has 2 saturated heterocycles. The molecule has 1 spiro atoms. The molecule has 0 bridgehead atoms. The van der Waals surface area contributed by atoms with Crippen LogP contribution in [0.2, 0.25) is 0 Å². The second kappa shape index (κ2) is 5.64. The predicted molar refractivity (Wildman–Crippen MR) is 92.4 cm³/mol. The van der Waals surface area contributed by atoms with Crippen LogP contribution >= 0.6 is 0 Å². The van der Waals surface area contributed by atoms with E-state index >= 15 is 0 Å². The summed E-state index contributed by atoms with van der Waals surface area (Å²) in [6, 6.07) is 4.61. The number of carbonyl (C=O) groups is 2. The van der Waals surface area contributed by atoms with Crippen molar-refractivity contribution in [1.82, 2.24) is 10.2 Å². The molecule has 8 heteroatoms. The van der Waals surface area contributed by atoms with Gasteiger partial charge in [-0.2, -0.15) is 13.2 Å². The molecule has 5 rings (SSSR count). The third-order valence-corrected chi connectivity index (χ3v) is 6.93. The van der Waals surface area contributed by atoms with Gasteiger partial charge in [-0.05, 0) is 54.7 Å². The lowest BCUT2D eigenvalue weighted by Crippen LogP contribution is -2.58. The second-order valence-electron chi connectivity index (χ2n) is 8.76. The highest BCUT2D eigenvalue weighted by Gasteiger charge is 2.60. The lowest BCUT2D eigenvalue weighted by atomic mass is 9.68. The molecular formula is C20H21F3N2O3. The van der Waals surface area contributed by atoms with Gasteiger partial charge in [0, 0.05) is 19.0 Å². The fourth-order valence-electron chi connectivity index (χ4n) is 5.38. The fraction of sp³-hybridized carbons (Fsp3) is 0.600. The molecule has 2 aliphatic carbocycles. The number of likely N-dealkylation sites (tertiary alicyclic amines) is 1. The van der Waals surface area contributed by atoms with Gasteiger partial charge in [0.1, 0.15) is 6.61 Å². The SMILES string of the molecule is Cc1ccc(C2[C@H]3CN(C(=O)C4CC5(COC(=O)N5)C4)C[C@@H]23)cc1C(F)(F)F. The van der Waals surface area contributed by atoms with E-state index in [1.54, 1.807) is 12.1 Å². The number of amides is 2. The molecule has 2 amide bonds. The number of cyclic esters (lactones) is 1. The number of alkyl halides is 3. The molecule has 2 aliphatic heterocycles. The summed E-state index contributed by atoms with van der Waals surface area (Å²) in [4.78, 5) is 25.8. The van der Waals surface area contributed by atoms with Gasteiger partial charge in [-0.15, -0.1) is 0 Å².